The molecule has 18 heavy (non-hydrogen) atoms. The third-order valence-electron chi connectivity index (χ3n) is 2.24. The topological polar surface area (TPSA) is 75.1 Å². The molecule has 2 rings (SSSR count). The van der Waals surface area contributed by atoms with Gasteiger partial charge in [0.25, 0.3) is 0 Å². The van der Waals surface area contributed by atoms with Gasteiger partial charge in [-0.1, -0.05) is 11.6 Å². The van der Waals surface area contributed by atoms with E-state index in [1.807, 2.05) is 0 Å². The fraction of sp³-hybridized carbons (Fsp3) is 0.111. The van der Waals surface area contributed by atoms with Gasteiger partial charge in [0, 0.05) is 5.02 Å². The summed E-state index contributed by atoms with van der Waals surface area (Å²) in [4.78, 5) is 23.9. The highest BCUT2D eigenvalue weighted by atomic mass is 35.5. The lowest BCUT2D eigenvalue weighted by atomic mass is 10.1. The van der Waals surface area contributed by atoms with E-state index in [0.29, 0.717) is 6.07 Å². The number of aromatic amines is 1. The first kappa shape index (κ1) is 12.5. The Morgan fingerprint density at radius 1 is 1.28 bits per heavy atom. The number of rotatable bonds is 0. The summed E-state index contributed by atoms with van der Waals surface area (Å²) in [6.07, 6.45) is -4.79. The normalized spacial score (nSPS) is 12.0. The van der Waals surface area contributed by atoms with Crippen molar-refractivity contribution in [1.29, 1.82) is 0 Å². The van der Waals surface area contributed by atoms with Crippen LogP contribution in [-0.2, 0) is 6.18 Å². The smallest absolute Gasteiger partial charge is 0.418 e. The summed E-state index contributed by atoms with van der Waals surface area (Å²) in [6.45, 7) is 0. The summed E-state index contributed by atoms with van der Waals surface area (Å²) >= 11 is 5.48. The predicted molar refractivity (Wildman–Crippen MR) is 56.0 cm³/mol. The second-order valence-corrected chi connectivity index (χ2v) is 3.85. The molecular formula is C9H4ClF3N2O3. The zero-order valence-corrected chi connectivity index (χ0v) is 9.13. The van der Waals surface area contributed by atoms with E-state index in [2.05, 4.69) is 0 Å². The summed E-state index contributed by atoms with van der Waals surface area (Å²) in [6, 6.07) is 1.52. The van der Waals surface area contributed by atoms with Crippen LogP contribution >= 0.6 is 11.6 Å². The van der Waals surface area contributed by atoms with Gasteiger partial charge in [0.2, 0.25) is 0 Å². The molecule has 0 spiro atoms. The lowest BCUT2D eigenvalue weighted by molar-refractivity contribution is -0.136. The first-order valence-corrected chi connectivity index (χ1v) is 4.84. The van der Waals surface area contributed by atoms with Gasteiger partial charge in [-0.2, -0.15) is 13.2 Å². The number of hydrogen-bond acceptors (Lipinski definition) is 3. The van der Waals surface area contributed by atoms with Crippen molar-refractivity contribution >= 4 is 22.6 Å². The lowest BCUT2D eigenvalue weighted by Gasteiger charge is -2.11. The molecule has 0 saturated carbocycles. The zero-order valence-electron chi connectivity index (χ0n) is 8.38. The molecule has 0 aliphatic heterocycles. The average molecular weight is 281 g/mol. The minimum absolute atomic E-state index is 0.171. The number of halogens is 4. The molecule has 2 aromatic rings. The van der Waals surface area contributed by atoms with Crippen LogP contribution < -0.4 is 11.1 Å². The third kappa shape index (κ3) is 1.84. The Morgan fingerprint density at radius 3 is 2.44 bits per heavy atom. The second-order valence-electron chi connectivity index (χ2n) is 3.42. The molecular weight excluding hydrogens is 277 g/mol. The number of H-pyrrole nitrogens is 1. The Kier molecular flexibility index (Phi) is 2.62. The summed E-state index contributed by atoms with van der Waals surface area (Å²) < 4.78 is 38.0. The van der Waals surface area contributed by atoms with Crippen LogP contribution in [0.2, 0.25) is 5.02 Å². The van der Waals surface area contributed by atoms with Gasteiger partial charge in [0.05, 0.1) is 11.1 Å². The van der Waals surface area contributed by atoms with E-state index in [-0.39, 0.29) is 9.75 Å². The maximum Gasteiger partial charge on any atom is 0.418 e. The van der Waals surface area contributed by atoms with Crippen LogP contribution in [0.1, 0.15) is 5.56 Å². The van der Waals surface area contributed by atoms with Crippen molar-refractivity contribution in [2.45, 2.75) is 6.18 Å². The summed E-state index contributed by atoms with van der Waals surface area (Å²) in [7, 11) is 0. The van der Waals surface area contributed by atoms with Crippen LogP contribution in [-0.4, -0.2) is 14.9 Å². The highest BCUT2D eigenvalue weighted by Crippen LogP contribution is 2.35. The maximum atomic E-state index is 12.7. The average Bonchev–Trinajstić information content (AvgIpc) is 2.25. The largest absolute Gasteiger partial charge is 0.425 e. The van der Waals surface area contributed by atoms with E-state index in [9.17, 15) is 28.0 Å². The fourth-order valence-corrected chi connectivity index (χ4v) is 1.70. The van der Waals surface area contributed by atoms with Crippen LogP contribution in [0.25, 0.3) is 11.0 Å². The molecule has 0 saturated heterocycles. The number of fused-ring (bicyclic) bond motifs is 1. The Morgan fingerprint density at radius 2 is 1.89 bits per heavy atom. The monoisotopic (exact) mass is 280 g/mol. The maximum absolute atomic E-state index is 12.7. The molecule has 0 aliphatic rings. The first-order chi connectivity index (χ1) is 8.21. The highest BCUT2D eigenvalue weighted by Gasteiger charge is 2.34. The van der Waals surface area contributed by atoms with Gasteiger partial charge in [0.15, 0.2) is 0 Å². The molecule has 0 radical (unpaired) electrons. The molecule has 0 fully saturated rings. The molecule has 0 atom stereocenters. The molecule has 5 nitrogen and oxygen atoms in total. The van der Waals surface area contributed by atoms with E-state index in [1.54, 1.807) is 4.98 Å². The Hall–Kier alpha value is -1.96. The van der Waals surface area contributed by atoms with Gasteiger partial charge in [-0.3, -0.25) is 9.59 Å². The minimum Gasteiger partial charge on any atom is -0.425 e. The molecule has 0 amide bonds. The van der Waals surface area contributed by atoms with Crippen molar-refractivity contribution in [3.8, 4) is 0 Å². The Bertz CT molecular complexity index is 748. The van der Waals surface area contributed by atoms with Crippen molar-refractivity contribution in [1.82, 2.24) is 9.71 Å². The summed E-state index contributed by atoms with van der Waals surface area (Å²) in [5.41, 5.74) is -5.24. The molecule has 96 valence electrons. The third-order valence-corrected chi connectivity index (χ3v) is 2.46. The molecule has 1 heterocycles. The first-order valence-electron chi connectivity index (χ1n) is 4.47. The molecule has 0 bridgehead atoms. The molecule has 9 heteroatoms. The van der Waals surface area contributed by atoms with E-state index in [1.165, 1.54) is 0 Å². The van der Waals surface area contributed by atoms with E-state index in [4.69, 9.17) is 11.6 Å². The standard InChI is InChI=1S/C9H4ClF3N2O3/c10-3-1-4(9(11,12)13)6-5(2-3)15(18)8(17)7(16)14-6/h1-2,18H,(H,14,16). The lowest BCUT2D eigenvalue weighted by Crippen LogP contribution is -2.35. The van der Waals surface area contributed by atoms with Gasteiger partial charge in [0.1, 0.15) is 5.52 Å². The van der Waals surface area contributed by atoms with Crippen LogP contribution in [0, 0.1) is 0 Å². The van der Waals surface area contributed by atoms with Crippen LogP contribution in [0.5, 0.6) is 0 Å². The van der Waals surface area contributed by atoms with Gasteiger partial charge < -0.3 is 10.2 Å². The number of nitrogens with one attached hydrogen (secondary N) is 1. The second kappa shape index (κ2) is 3.77. The number of hydrogen-bond donors (Lipinski definition) is 2. The molecule has 0 aliphatic carbocycles. The van der Waals surface area contributed by atoms with Crippen molar-refractivity contribution < 1.29 is 18.4 Å². The van der Waals surface area contributed by atoms with Crippen molar-refractivity contribution in [3.05, 3.63) is 43.4 Å². The minimum atomic E-state index is -4.79. The molecule has 1 aromatic carbocycles. The van der Waals surface area contributed by atoms with E-state index < -0.39 is 33.9 Å². The van der Waals surface area contributed by atoms with Crippen molar-refractivity contribution in [2.24, 2.45) is 0 Å². The van der Waals surface area contributed by atoms with Crippen LogP contribution in [0.3, 0.4) is 0 Å². The summed E-state index contributed by atoms with van der Waals surface area (Å²) in [5, 5.41) is 8.98. The number of aromatic nitrogens is 2. The number of nitrogens with zero attached hydrogens (tertiary/aromatic N) is 1. The zero-order chi connectivity index (χ0) is 13.7. The Labute approximate surface area is 101 Å². The van der Waals surface area contributed by atoms with Gasteiger partial charge in [-0.25, -0.2) is 0 Å². The van der Waals surface area contributed by atoms with E-state index in [0.717, 1.165) is 6.07 Å². The quantitative estimate of drug-likeness (QED) is 0.568. The van der Waals surface area contributed by atoms with Crippen LogP contribution in [0.4, 0.5) is 13.2 Å². The van der Waals surface area contributed by atoms with Crippen molar-refractivity contribution in [2.75, 3.05) is 0 Å². The van der Waals surface area contributed by atoms with Crippen molar-refractivity contribution in [3.63, 3.8) is 0 Å². The van der Waals surface area contributed by atoms with Crippen LogP contribution in [0.15, 0.2) is 21.7 Å². The molecule has 1 aromatic heterocycles. The number of alkyl halides is 3. The fourth-order valence-electron chi connectivity index (χ4n) is 1.49. The van der Waals surface area contributed by atoms with E-state index >= 15 is 0 Å². The predicted octanol–water partition coefficient (Wildman–Crippen LogP) is 1.60. The highest BCUT2D eigenvalue weighted by molar-refractivity contribution is 6.31. The summed E-state index contributed by atoms with van der Waals surface area (Å²) in [5.74, 6) is 0. The van der Waals surface area contributed by atoms with Gasteiger partial charge in [-0.05, 0) is 12.1 Å². The molecule has 2 N–H and O–H groups in total. The molecule has 0 unspecified atom stereocenters. The number of benzene rings is 1. The van der Waals surface area contributed by atoms with Gasteiger partial charge in [-0.15, -0.1) is 4.73 Å². The Balaban J connectivity index is 3.07. The van der Waals surface area contributed by atoms with Gasteiger partial charge >= 0.3 is 17.3 Å². The SMILES string of the molecule is O=c1[nH]c2c(C(F)(F)F)cc(Cl)cc2n(O)c1=O.